The fourth-order valence-corrected chi connectivity index (χ4v) is 1.88. The number of aliphatic hydroxyl groups is 1. The summed E-state index contributed by atoms with van der Waals surface area (Å²) >= 11 is 0. The van der Waals surface area contributed by atoms with Gasteiger partial charge in [-0.3, -0.25) is 4.79 Å². The van der Waals surface area contributed by atoms with Crippen molar-refractivity contribution >= 4 is 5.91 Å². The number of aliphatic hydroxyl groups excluding tert-OH is 1. The minimum Gasteiger partial charge on any atom is -0.489 e. The van der Waals surface area contributed by atoms with E-state index in [-0.39, 0.29) is 30.9 Å². The molecule has 1 atom stereocenters. The Labute approximate surface area is 123 Å². The summed E-state index contributed by atoms with van der Waals surface area (Å²) in [5, 5.41) is 11.6. The summed E-state index contributed by atoms with van der Waals surface area (Å²) in [6.07, 6.45) is 1.97. The van der Waals surface area contributed by atoms with Crippen molar-refractivity contribution in [3.05, 3.63) is 54.0 Å². The van der Waals surface area contributed by atoms with Crippen molar-refractivity contribution in [1.82, 2.24) is 5.32 Å². The third-order valence-corrected chi connectivity index (χ3v) is 3.03. The molecule has 1 aromatic carbocycles. The molecule has 1 unspecified atom stereocenters. The van der Waals surface area contributed by atoms with Gasteiger partial charge in [-0.2, -0.15) is 0 Å². The summed E-state index contributed by atoms with van der Waals surface area (Å²) in [7, 11) is 0. The van der Waals surface area contributed by atoms with E-state index in [9.17, 15) is 4.79 Å². The normalized spacial score (nSPS) is 11.9. The van der Waals surface area contributed by atoms with Crippen molar-refractivity contribution in [2.45, 2.75) is 26.0 Å². The molecule has 1 aromatic heterocycles. The first-order chi connectivity index (χ1) is 10.2. The SMILES string of the molecule is CC(CCO)NC(=O)c1occc1COc1ccccc1. The lowest BCUT2D eigenvalue weighted by molar-refractivity contribution is 0.0903. The first kappa shape index (κ1) is 15.1. The van der Waals surface area contributed by atoms with Crippen molar-refractivity contribution < 1.29 is 19.1 Å². The lowest BCUT2D eigenvalue weighted by Crippen LogP contribution is -2.33. The molecular weight excluding hydrogens is 270 g/mol. The van der Waals surface area contributed by atoms with Crippen molar-refractivity contribution in [3.63, 3.8) is 0 Å². The molecule has 0 radical (unpaired) electrons. The first-order valence-electron chi connectivity index (χ1n) is 6.86. The number of hydrogen-bond acceptors (Lipinski definition) is 4. The van der Waals surface area contributed by atoms with E-state index in [0.29, 0.717) is 12.0 Å². The molecule has 112 valence electrons. The summed E-state index contributed by atoms with van der Waals surface area (Å²) < 4.78 is 10.9. The van der Waals surface area contributed by atoms with Gasteiger partial charge in [-0.15, -0.1) is 0 Å². The Bertz CT molecular complexity index is 565. The van der Waals surface area contributed by atoms with Crippen LogP contribution in [0.1, 0.15) is 29.5 Å². The molecule has 0 bridgehead atoms. The second-order valence-electron chi connectivity index (χ2n) is 4.76. The second kappa shape index (κ2) is 7.50. The molecule has 1 heterocycles. The molecule has 0 aliphatic carbocycles. The molecule has 2 aromatic rings. The van der Waals surface area contributed by atoms with E-state index in [4.69, 9.17) is 14.3 Å². The van der Waals surface area contributed by atoms with Crippen molar-refractivity contribution in [2.75, 3.05) is 6.61 Å². The van der Waals surface area contributed by atoms with E-state index < -0.39 is 0 Å². The summed E-state index contributed by atoms with van der Waals surface area (Å²) in [5.41, 5.74) is 0.688. The predicted octanol–water partition coefficient (Wildman–Crippen LogP) is 2.36. The van der Waals surface area contributed by atoms with E-state index in [0.717, 1.165) is 5.75 Å². The van der Waals surface area contributed by atoms with Gasteiger partial charge in [0.05, 0.1) is 6.26 Å². The van der Waals surface area contributed by atoms with Crippen LogP contribution in [0, 0.1) is 0 Å². The van der Waals surface area contributed by atoms with Crippen molar-refractivity contribution in [3.8, 4) is 5.75 Å². The van der Waals surface area contributed by atoms with Crippen LogP contribution >= 0.6 is 0 Å². The fourth-order valence-electron chi connectivity index (χ4n) is 1.88. The highest BCUT2D eigenvalue weighted by atomic mass is 16.5. The number of carbonyl (C=O) groups excluding carboxylic acids is 1. The zero-order valence-electron chi connectivity index (χ0n) is 11.9. The molecule has 21 heavy (non-hydrogen) atoms. The van der Waals surface area contributed by atoms with Gasteiger partial charge in [-0.05, 0) is 31.5 Å². The Hall–Kier alpha value is -2.27. The van der Waals surface area contributed by atoms with Crippen LogP contribution in [-0.4, -0.2) is 23.7 Å². The molecule has 0 spiro atoms. The van der Waals surface area contributed by atoms with Gasteiger partial charge in [-0.25, -0.2) is 0 Å². The summed E-state index contributed by atoms with van der Waals surface area (Å²) in [4.78, 5) is 12.1. The van der Waals surface area contributed by atoms with E-state index in [1.54, 1.807) is 6.07 Å². The number of amides is 1. The second-order valence-corrected chi connectivity index (χ2v) is 4.76. The molecule has 0 aliphatic heterocycles. The number of carbonyl (C=O) groups is 1. The van der Waals surface area contributed by atoms with Gasteiger partial charge < -0.3 is 19.6 Å². The summed E-state index contributed by atoms with van der Waals surface area (Å²) in [6.45, 7) is 2.12. The first-order valence-corrected chi connectivity index (χ1v) is 6.86. The maximum absolute atomic E-state index is 12.1. The monoisotopic (exact) mass is 289 g/mol. The third-order valence-electron chi connectivity index (χ3n) is 3.03. The quantitative estimate of drug-likeness (QED) is 0.821. The van der Waals surface area contributed by atoms with Gasteiger partial charge in [0.2, 0.25) is 0 Å². The third kappa shape index (κ3) is 4.36. The highest BCUT2D eigenvalue weighted by Gasteiger charge is 2.17. The minimum atomic E-state index is -0.299. The predicted molar refractivity (Wildman–Crippen MR) is 78.1 cm³/mol. The Morgan fingerprint density at radius 2 is 2.10 bits per heavy atom. The average molecular weight is 289 g/mol. The highest BCUT2D eigenvalue weighted by Crippen LogP contribution is 2.16. The average Bonchev–Trinajstić information content (AvgIpc) is 2.95. The van der Waals surface area contributed by atoms with Crippen LogP contribution in [-0.2, 0) is 6.61 Å². The van der Waals surface area contributed by atoms with Gasteiger partial charge >= 0.3 is 0 Å². The molecule has 2 rings (SSSR count). The molecule has 2 N–H and O–H groups in total. The van der Waals surface area contributed by atoms with Crippen molar-refractivity contribution in [1.29, 1.82) is 0 Å². The van der Waals surface area contributed by atoms with Crippen LogP contribution in [0.4, 0.5) is 0 Å². The molecule has 0 saturated heterocycles. The number of hydrogen-bond donors (Lipinski definition) is 2. The number of furan rings is 1. The van der Waals surface area contributed by atoms with Crippen LogP contribution in [0.15, 0.2) is 47.1 Å². The fraction of sp³-hybridized carbons (Fsp3) is 0.312. The molecule has 5 nitrogen and oxygen atoms in total. The van der Waals surface area contributed by atoms with Crippen LogP contribution < -0.4 is 10.1 Å². The van der Waals surface area contributed by atoms with Gasteiger partial charge in [0.15, 0.2) is 5.76 Å². The van der Waals surface area contributed by atoms with E-state index in [1.807, 2.05) is 37.3 Å². The standard InChI is InChI=1S/C16H19NO4/c1-12(7-9-18)17-16(19)15-13(8-10-20-15)11-21-14-5-3-2-4-6-14/h2-6,8,10,12,18H,7,9,11H2,1H3,(H,17,19). The number of rotatable bonds is 7. The number of nitrogens with one attached hydrogen (secondary N) is 1. The maximum atomic E-state index is 12.1. The maximum Gasteiger partial charge on any atom is 0.287 e. The number of para-hydroxylation sites is 1. The molecule has 0 saturated carbocycles. The summed E-state index contributed by atoms with van der Waals surface area (Å²) in [6, 6.07) is 11.0. The molecular formula is C16H19NO4. The zero-order chi connectivity index (χ0) is 15.1. The Balaban J connectivity index is 1.96. The highest BCUT2D eigenvalue weighted by molar-refractivity contribution is 5.93. The minimum absolute atomic E-state index is 0.0313. The Morgan fingerprint density at radius 1 is 1.33 bits per heavy atom. The van der Waals surface area contributed by atoms with E-state index in [1.165, 1.54) is 6.26 Å². The van der Waals surface area contributed by atoms with Gasteiger partial charge in [0.25, 0.3) is 5.91 Å². The van der Waals surface area contributed by atoms with Crippen LogP contribution in [0.2, 0.25) is 0 Å². The van der Waals surface area contributed by atoms with E-state index in [2.05, 4.69) is 5.32 Å². The van der Waals surface area contributed by atoms with Gasteiger partial charge in [-0.1, -0.05) is 18.2 Å². The van der Waals surface area contributed by atoms with Crippen LogP contribution in [0.5, 0.6) is 5.75 Å². The van der Waals surface area contributed by atoms with Crippen LogP contribution in [0.3, 0.4) is 0 Å². The zero-order valence-corrected chi connectivity index (χ0v) is 11.9. The molecule has 0 aliphatic rings. The topological polar surface area (TPSA) is 71.7 Å². The van der Waals surface area contributed by atoms with Crippen LogP contribution in [0.25, 0.3) is 0 Å². The summed E-state index contributed by atoms with van der Waals surface area (Å²) in [5.74, 6) is 0.682. The number of benzene rings is 1. The van der Waals surface area contributed by atoms with Gasteiger partial charge in [0, 0.05) is 18.2 Å². The molecule has 5 heteroatoms. The number of ether oxygens (including phenoxy) is 1. The molecule has 1 amide bonds. The largest absolute Gasteiger partial charge is 0.489 e. The Morgan fingerprint density at radius 3 is 2.81 bits per heavy atom. The lowest BCUT2D eigenvalue weighted by Gasteiger charge is -2.12. The molecule has 0 fully saturated rings. The smallest absolute Gasteiger partial charge is 0.287 e. The Kier molecular flexibility index (Phi) is 5.40. The van der Waals surface area contributed by atoms with Gasteiger partial charge in [0.1, 0.15) is 12.4 Å². The van der Waals surface area contributed by atoms with E-state index >= 15 is 0 Å². The van der Waals surface area contributed by atoms with Crippen molar-refractivity contribution in [2.24, 2.45) is 0 Å². The lowest BCUT2D eigenvalue weighted by atomic mass is 10.2.